The summed E-state index contributed by atoms with van der Waals surface area (Å²) in [5, 5.41) is 12.0. The van der Waals surface area contributed by atoms with E-state index in [1.54, 1.807) is 0 Å². The number of hydrogen-bond donors (Lipinski definition) is 2. The lowest BCUT2D eigenvalue weighted by atomic mass is 10.2. The van der Waals surface area contributed by atoms with Crippen LogP contribution in [-0.4, -0.2) is 36.3 Å². The summed E-state index contributed by atoms with van der Waals surface area (Å²) in [6.45, 7) is 3.26. The van der Waals surface area contributed by atoms with E-state index in [4.69, 9.17) is 5.11 Å². The number of likely N-dealkylation sites (N-methyl/N-ethyl adjacent to an activating group) is 1. The van der Waals surface area contributed by atoms with Crippen molar-refractivity contribution in [3.63, 3.8) is 0 Å². The van der Waals surface area contributed by atoms with E-state index in [1.165, 1.54) is 0 Å². The minimum absolute atomic E-state index is 0.258. The quantitative estimate of drug-likeness (QED) is 0.605. The standard InChI is InChI=1S/C7H17NOS/c1-3-8-7(6-9)4-5-10-2/h7-9H,3-6H2,1-2H3/t7-/m0/s1. The Morgan fingerprint density at radius 3 is 2.70 bits per heavy atom. The predicted molar refractivity (Wildman–Crippen MR) is 47.5 cm³/mol. The highest BCUT2D eigenvalue weighted by Crippen LogP contribution is 1.99. The van der Waals surface area contributed by atoms with Crippen molar-refractivity contribution >= 4 is 11.8 Å². The lowest BCUT2D eigenvalue weighted by Gasteiger charge is -2.13. The Kier molecular flexibility index (Phi) is 7.58. The number of aliphatic hydroxyl groups is 1. The van der Waals surface area contributed by atoms with E-state index in [0.717, 1.165) is 18.7 Å². The van der Waals surface area contributed by atoms with Crippen LogP contribution in [-0.2, 0) is 0 Å². The second-order valence-electron chi connectivity index (χ2n) is 2.22. The zero-order chi connectivity index (χ0) is 7.82. The predicted octanol–water partition coefficient (Wildman–Crippen LogP) is 0.710. The smallest absolute Gasteiger partial charge is 0.0584 e. The molecule has 2 nitrogen and oxygen atoms in total. The fourth-order valence-electron chi connectivity index (χ4n) is 0.807. The highest BCUT2D eigenvalue weighted by molar-refractivity contribution is 7.98. The van der Waals surface area contributed by atoms with Crippen molar-refractivity contribution in [3.05, 3.63) is 0 Å². The Balaban J connectivity index is 3.21. The van der Waals surface area contributed by atoms with Gasteiger partial charge in [0.2, 0.25) is 0 Å². The van der Waals surface area contributed by atoms with Crippen molar-refractivity contribution in [2.45, 2.75) is 19.4 Å². The second kappa shape index (κ2) is 7.38. The average Bonchev–Trinajstić information content (AvgIpc) is 1.98. The van der Waals surface area contributed by atoms with E-state index in [1.807, 2.05) is 11.8 Å². The summed E-state index contributed by atoms with van der Waals surface area (Å²) in [5.41, 5.74) is 0. The van der Waals surface area contributed by atoms with E-state index in [2.05, 4.69) is 18.5 Å². The summed E-state index contributed by atoms with van der Waals surface area (Å²) in [5.74, 6) is 1.12. The summed E-state index contributed by atoms with van der Waals surface area (Å²) in [4.78, 5) is 0. The maximum Gasteiger partial charge on any atom is 0.0584 e. The first-order valence-electron chi connectivity index (χ1n) is 3.68. The minimum atomic E-state index is 0.258. The molecular formula is C7H17NOS. The number of rotatable bonds is 6. The first-order valence-corrected chi connectivity index (χ1v) is 5.07. The number of hydrogen-bond acceptors (Lipinski definition) is 3. The SMILES string of the molecule is CCN[C@H](CO)CCSC. The average molecular weight is 163 g/mol. The van der Waals surface area contributed by atoms with Gasteiger partial charge in [-0.1, -0.05) is 6.92 Å². The van der Waals surface area contributed by atoms with Crippen molar-refractivity contribution in [1.29, 1.82) is 0 Å². The van der Waals surface area contributed by atoms with Gasteiger partial charge >= 0.3 is 0 Å². The highest BCUT2D eigenvalue weighted by Gasteiger charge is 2.02. The molecule has 0 aliphatic carbocycles. The Hall–Kier alpha value is 0.270. The largest absolute Gasteiger partial charge is 0.395 e. The van der Waals surface area contributed by atoms with Crippen molar-refractivity contribution in [2.75, 3.05) is 25.2 Å². The summed E-state index contributed by atoms with van der Waals surface area (Å²) in [7, 11) is 0. The van der Waals surface area contributed by atoms with Gasteiger partial charge in [-0.05, 0) is 25.0 Å². The van der Waals surface area contributed by atoms with Gasteiger partial charge in [0.15, 0.2) is 0 Å². The monoisotopic (exact) mass is 163 g/mol. The molecule has 0 amide bonds. The molecule has 0 bridgehead atoms. The molecule has 62 valence electrons. The van der Waals surface area contributed by atoms with Crippen LogP contribution < -0.4 is 5.32 Å². The van der Waals surface area contributed by atoms with Crippen LogP contribution in [0.5, 0.6) is 0 Å². The van der Waals surface area contributed by atoms with Gasteiger partial charge in [-0.2, -0.15) is 11.8 Å². The van der Waals surface area contributed by atoms with Crippen LogP contribution in [0.1, 0.15) is 13.3 Å². The van der Waals surface area contributed by atoms with Gasteiger partial charge in [-0.3, -0.25) is 0 Å². The number of nitrogens with one attached hydrogen (secondary N) is 1. The van der Waals surface area contributed by atoms with Crippen LogP contribution in [0.2, 0.25) is 0 Å². The lowest BCUT2D eigenvalue weighted by Crippen LogP contribution is -2.32. The molecule has 0 aromatic rings. The first kappa shape index (κ1) is 10.3. The van der Waals surface area contributed by atoms with Crippen LogP contribution in [0.3, 0.4) is 0 Å². The molecule has 3 heteroatoms. The molecule has 1 atom stereocenters. The molecule has 0 unspecified atom stereocenters. The Morgan fingerprint density at radius 2 is 2.30 bits per heavy atom. The Bertz CT molecular complexity index is 70.6. The fraction of sp³-hybridized carbons (Fsp3) is 1.00. The van der Waals surface area contributed by atoms with Crippen LogP contribution in [0, 0.1) is 0 Å². The van der Waals surface area contributed by atoms with Crippen molar-refractivity contribution < 1.29 is 5.11 Å². The van der Waals surface area contributed by atoms with Gasteiger partial charge in [0, 0.05) is 6.04 Å². The fourth-order valence-corrected chi connectivity index (χ4v) is 1.33. The third-order valence-electron chi connectivity index (χ3n) is 1.38. The van der Waals surface area contributed by atoms with Crippen LogP contribution in [0.4, 0.5) is 0 Å². The summed E-state index contributed by atoms with van der Waals surface area (Å²) < 4.78 is 0. The minimum Gasteiger partial charge on any atom is -0.395 e. The van der Waals surface area contributed by atoms with Gasteiger partial charge in [-0.25, -0.2) is 0 Å². The van der Waals surface area contributed by atoms with E-state index in [-0.39, 0.29) is 6.61 Å². The van der Waals surface area contributed by atoms with E-state index in [0.29, 0.717) is 6.04 Å². The molecule has 0 aliphatic rings. The van der Waals surface area contributed by atoms with Gasteiger partial charge in [0.25, 0.3) is 0 Å². The first-order chi connectivity index (χ1) is 4.85. The molecule has 0 heterocycles. The second-order valence-corrected chi connectivity index (χ2v) is 3.20. The molecule has 0 radical (unpaired) electrons. The lowest BCUT2D eigenvalue weighted by molar-refractivity contribution is 0.242. The van der Waals surface area contributed by atoms with Crippen molar-refractivity contribution in [3.8, 4) is 0 Å². The Labute approximate surface area is 67.4 Å². The molecule has 0 rings (SSSR count). The van der Waals surface area contributed by atoms with Crippen LogP contribution >= 0.6 is 11.8 Å². The van der Waals surface area contributed by atoms with E-state index in [9.17, 15) is 0 Å². The molecule has 2 N–H and O–H groups in total. The number of thioether (sulfide) groups is 1. The van der Waals surface area contributed by atoms with Crippen molar-refractivity contribution in [1.82, 2.24) is 5.32 Å². The molecule has 0 saturated heterocycles. The van der Waals surface area contributed by atoms with E-state index >= 15 is 0 Å². The Morgan fingerprint density at radius 1 is 1.60 bits per heavy atom. The highest BCUT2D eigenvalue weighted by atomic mass is 32.2. The van der Waals surface area contributed by atoms with Crippen LogP contribution in [0.25, 0.3) is 0 Å². The molecule has 0 spiro atoms. The topological polar surface area (TPSA) is 32.3 Å². The van der Waals surface area contributed by atoms with Gasteiger partial charge < -0.3 is 10.4 Å². The zero-order valence-corrected chi connectivity index (χ0v) is 7.58. The third kappa shape index (κ3) is 5.09. The van der Waals surface area contributed by atoms with Gasteiger partial charge in [0.1, 0.15) is 0 Å². The molecular weight excluding hydrogens is 146 g/mol. The molecule has 0 fully saturated rings. The molecule has 0 aromatic heterocycles. The maximum absolute atomic E-state index is 8.81. The zero-order valence-electron chi connectivity index (χ0n) is 6.76. The summed E-state index contributed by atoms with van der Waals surface area (Å²) >= 11 is 1.82. The normalized spacial score (nSPS) is 13.5. The van der Waals surface area contributed by atoms with E-state index < -0.39 is 0 Å². The number of aliphatic hydroxyl groups excluding tert-OH is 1. The van der Waals surface area contributed by atoms with Crippen LogP contribution in [0.15, 0.2) is 0 Å². The van der Waals surface area contributed by atoms with Gasteiger partial charge in [0.05, 0.1) is 6.61 Å². The molecule has 0 aromatic carbocycles. The maximum atomic E-state index is 8.81. The molecule has 0 aliphatic heterocycles. The third-order valence-corrected chi connectivity index (χ3v) is 2.03. The van der Waals surface area contributed by atoms with Crippen molar-refractivity contribution in [2.24, 2.45) is 0 Å². The summed E-state index contributed by atoms with van der Waals surface area (Å²) in [6.07, 6.45) is 3.14. The molecule has 10 heavy (non-hydrogen) atoms. The summed E-state index contributed by atoms with van der Waals surface area (Å²) in [6, 6.07) is 0.303. The molecule has 0 saturated carbocycles. The van der Waals surface area contributed by atoms with Gasteiger partial charge in [-0.15, -0.1) is 0 Å².